The number of halogens is 3. The van der Waals surface area contributed by atoms with Gasteiger partial charge < -0.3 is 5.73 Å². The van der Waals surface area contributed by atoms with E-state index in [9.17, 15) is 21.6 Å². The summed E-state index contributed by atoms with van der Waals surface area (Å²) in [5.74, 6) is -0.666. The van der Waals surface area contributed by atoms with E-state index in [4.69, 9.17) is 5.73 Å². The summed E-state index contributed by atoms with van der Waals surface area (Å²) in [7, 11) is -3.76. The highest BCUT2D eigenvalue weighted by Crippen LogP contribution is 2.29. The molecular weight excluding hydrogens is 411 g/mol. The van der Waals surface area contributed by atoms with Crippen LogP contribution in [0.2, 0.25) is 0 Å². The lowest BCUT2D eigenvalue weighted by Crippen LogP contribution is -2.21. The maximum Gasteiger partial charge on any atom is 0.417 e. The van der Waals surface area contributed by atoms with Crippen molar-refractivity contribution in [2.75, 3.05) is 5.75 Å². The van der Waals surface area contributed by atoms with Gasteiger partial charge in [-0.05, 0) is 18.2 Å². The Kier molecular flexibility index (Phi) is 5.33. The van der Waals surface area contributed by atoms with Gasteiger partial charge in [0.05, 0.1) is 40.5 Å². The molecule has 0 aliphatic carbocycles. The highest BCUT2D eigenvalue weighted by molar-refractivity contribution is 7.91. The van der Waals surface area contributed by atoms with Crippen LogP contribution in [0.5, 0.6) is 0 Å². The smallest absolute Gasteiger partial charge is 0.382 e. The largest absolute Gasteiger partial charge is 0.417 e. The van der Waals surface area contributed by atoms with Crippen LogP contribution in [0.15, 0.2) is 52.9 Å². The summed E-state index contributed by atoms with van der Waals surface area (Å²) in [6.45, 7) is 1.45. The molecule has 0 amide bonds. The van der Waals surface area contributed by atoms with E-state index in [1.807, 2.05) is 0 Å². The van der Waals surface area contributed by atoms with Crippen LogP contribution in [-0.4, -0.2) is 45.0 Å². The van der Waals surface area contributed by atoms with Crippen molar-refractivity contribution in [1.29, 1.82) is 0 Å². The quantitative estimate of drug-likeness (QED) is 0.488. The maximum absolute atomic E-state index is 12.6. The second-order valence-electron chi connectivity index (χ2n) is 5.69. The van der Waals surface area contributed by atoms with Crippen molar-refractivity contribution in [3.05, 3.63) is 54.2 Å². The van der Waals surface area contributed by atoms with E-state index in [2.05, 4.69) is 25.3 Å². The number of nitrogens with two attached hydrogens (primary N) is 1. The van der Waals surface area contributed by atoms with Gasteiger partial charge in [0, 0.05) is 6.20 Å². The Bertz CT molecular complexity index is 1140. The molecule has 3 aromatic rings. The summed E-state index contributed by atoms with van der Waals surface area (Å²) in [5, 5.41) is 7.42. The Hall–Kier alpha value is -3.35. The van der Waals surface area contributed by atoms with Gasteiger partial charge >= 0.3 is 6.18 Å². The lowest BCUT2D eigenvalue weighted by Gasteiger charge is -2.10. The van der Waals surface area contributed by atoms with Crippen LogP contribution in [0, 0.1) is 0 Å². The van der Waals surface area contributed by atoms with Gasteiger partial charge in [0.15, 0.2) is 21.5 Å². The van der Waals surface area contributed by atoms with Crippen molar-refractivity contribution in [2.24, 2.45) is 10.7 Å². The lowest BCUT2D eigenvalue weighted by atomic mass is 10.3. The Morgan fingerprint density at radius 2 is 2.00 bits per heavy atom. The first-order valence-electron chi connectivity index (χ1n) is 8.09. The maximum atomic E-state index is 12.6. The number of rotatable bonds is 5. The van der Waals surface area contributed by atoms with Gasteiger partial charge in [0.2, 0.25) is 0 Å². The molecule has 0 spiro atoms. The van der Waals surface area contributed by atoms with E-state index < -0.39 is 21.6 Å². The zero-order valence-corrected chi connectivity index (χ0v) is 15.7. The van der Waals surface area contributed by atoms with Gasteiger partial charge in [-0.3, -0.25) is 0 Å². The number of pyridine rings is 2. The van der Waals surface area contributed by atoms with Crippen LogP contribution in [0.4, 0.5) is 19.0 Å². The average molecular weight is 425 g/mol. The van der Waals surface area contributed by atoms with E-state index in [0.29, 0.717) is 11.9 Å². The van der Waals surface area contributed by atoms with Crippen LogP contribution in [0.3, 0.4) is 0 Å². The number of amidine groups is 1. The molecule has 9 nitrogen and oxygen atoms in total. The second kappa shape index (κ2) is 7.58. The summed E-state index contributed by atoms with van der Waals surface area (Å²) in [6.07, 6.45) is 0.302. The fraction of sp³-hybridized carbons (Fsp3) is 0.188. The van der Waals surface area contributed by atoms with Crippen LogP contribution >= 0.6 is 0 Å². The third-order valence-corrected chi connectivity index (χ3v) is 5.53. The standard InChI is InChI=1S/C16H14F3N7O2S/c1-2-29(27,28)12-7-11(26-6-5-23-25-26)9-22-14(12)15(20)24-13-4-3-10(8-21-13)16(17,18)19/h3-9H,2H2,1H3,(H2,20,21,24). The number of hydrogen-bond donors (Lipinski definition) is 1. The molecule has 3 aromatic heterocycles. The predicted molar refractivity (Wildman–Crippen MR) is 96.5 cm³/mol. The summed E-state index contributed by atoms with van der Waals surface area (Å²) >= 11 is 0. The fourth-order valence-electron chi connectivity index (χ4n) is 2.29. The first kappa shape index (κ1) is 20.4. The number of aliphatic imine (C=N–C) groups is 1. The normalized spacial score (nSPS) is 12.9. The van der Waals surface area contributed by atoms with Gasteiger partial charge in [-0.25, -0.2) is 28.1 Å². The SMILES string of the molecule is CCS(=O)(=O)c1cc(-n2ccnn2)cnc1C(N)=Nc1ccc(C(F)(F)F)cn1. The Morgan fingerprint density at radius 1 is 1.24 bits per heavy atom. The molecule has 0 atom stereocenters. The second-order valence-corrected chi connectivity index (χ2v) is 7.94. The molecule has 0 fully saturated rings. The van der Waals surface area contributed by atoms with Crippen molar-refractivity contribution in [1.82, 2.24) is 25.0 Å². The number of aromatic nitrogens is 5. The van der Waals surface area contributed by atoms with Crippen molar-refractivity contribution < 1.29 is 21.6 Å². The fourth-order valence-corrected chi connectivity index (χ4v) is 3.35. The highest BCUT2D eigenvalue weighted by atomic mass is 32.2. The molecule has 2 N–H and O–H groups in total. The Labute approximate surface area is 163 Å². The van der Waals surface area contributed by atoms with Crippen molar-refractivity contribution >= 4 is 21.5 Å². The molecule has 0 bridgehead atoms. The van der Waals surface area contributed by atoms with Gasteiger partial charge in [-0.15, -0.1) is 5.10 Å². The minimum atomic E-state index is -4.54. The predicted octanol–water partition coefficient (Wildman–Crippen LogP) is 1.91. The lowest BCUT2D eigenvalue weighted by molar-refractivity contribution is -0.137. The minimum Gasteiger partial charge on any atom is -0.382 e. The number of sulfone groups is 1. The van der Waals surface area contributed by atoms with Crippen LogP contribution in [-0.2, 0) is 16.0 Å². The first-order valence-corrected chi connectivity index (χ1v) is 9.74. The third kappa shape index (κ3) is 4.39. The molecule has 3 rings (SSSR count). The molecular formula is C16H14F3N7O2S. The molecule has 0 aromatic carbocycles. The molecule has 13 heteroatoms. The summed E-state index contributed by atoms with van der Waals surface area (Å²) in [6, 6.07) is 3.13. The Balaban J connectivity index is 2.06. The average Bonchev–Trinajstić information content (AvgIpc) is 3.22. The van der Waals surface area contributed by atoms with E-state index >= 15 is 0 Å². The molecule has 0 saturated carbocycles. The third-order valence-electron chi connectivity index (χ3n) is 3.79. The monoisotopic (exact) mass is 425 g/mol. The van der Waals surface area contributed by atoms with Crippen molar-refractivity contribution in [3.8, 4) is 5.69 Å². The molecule has 0 saturated heterocycles. The van der Waals surface area contributed by atoms with E-state index in [1.165, 1.54) is 36.3 Å². The van der Waals surface area contributed by atoms with Gasteiger partial charge in [0.1, 0.15) is 5.69 Å². The zero-order valence-electron chi connectivity index (χ0n) is 14.9. The summed E-state index contributed by atoms with van der Waals surface area (Å²) in [5.41, 5.74) is 5.14. The van der Waals surface area contributed by atoms with E-state index in [1.54, 1.807) is 0 Å². The number of alkyl halides is 3. The topological polar surface area (TPSA) is 129 Å². The van der Waals surface area contributed by atoms with Gasteiger partial charge in [0.25, 0.3) is 0 Å². The van der Waals surface area contributed by atoms with Gasteiger partial charge in [-0.2, -0.15) is 13.2 Å². The summed E-state index contributed by atoms with van der Waals surface area (Å²) in [4.78, 5) is 11.4. The molecule has 3 heterocycles. The van der Waals surface area contributed by atoms with E-state index in [0.717, 1.165) is 12.1 Å². The van der Waals surface area contributed by atoms with Crippen LogP contribution in [0.25, 0.3) is 5.69 Å². The van der Waals surface area contributed by atoms with Crippen molar-refractivity contribution in [3.63, 3.8) is 0 Å². The first-order chi connectivity index (χ1) is 13.6. The molecule has 0 aliphatic rings. The summed E-state index contributed by atoms with van der Waals surface area (Å²) < 4.78 is 64.3. The molecule has 0 unspecified atom stereocenters. The number of nitrogens with zero attached hydrogens (tertiary/aromatic N) is 6. The van der Waals surface area contributed by atoms with Crippen molar-refractivity contribution in [2.45, 2.75) is 18.0 Å². The highest BCUT2D eigenvalue weighted by Gasteiger charge is 2.30. The van der Waals surface area contributed by atoms with E-state index in [-0.39, 0.29) is 28.0 Å². The molecule has 29 heavy (non-hydrogen) atoms. The molecule has 152 valence electrons. The zero-order chi connectivity index (χ0) is 21.2. The van der Waals surface area contributed by atoms with Crippen LogP contribution < -0.4 is 5.73 Å². The minimum absolute atomic E-state index is 0.127. The van der Waals surface area contributed by atoms with Crippen LogP contribution in [0.1, 0.15) is 18.2 Å². The molecule has 0 radical (unpaired) electrons. The van der Waals surface area contributed by atoms with Gasteiger partial charge in [-0.1, -0.05) is 12.1 Å². The Morgan fingerprint density at radius 3 is 2.55 bits per heavy atom. The molecule has 0 aliphatic heterocycles. The number of hydrogen-bond acceptors (Lipinski definition) is 7.